The van der Waals surface area contributed by atoms with E-state index in [9.17, 15) is 19.7 Å². The van der Waals surface area contributed by atoms with Crippen LogP contribution in [0.2, 0.25) is 0 Å². The molecule has 0 aliphatic rings. The van der Waals surface area contributed by atoms with E-state index < -0.39 is 23.4 Å². The molecule has 0 unspecified atom stereocenters. The van der Waals surface area contributed by atoms with Gasteiger partial charge in [-0.15, -0.1) is 0 Å². The molecule has 1 aromatic heterocycles. The zero-order valence-electron chi connectivity index (χ0n) is 16.6. The van der Waals surface area contributed by atoms with Crippen molar-refractivity contribution in [1.82, 2.24) is 4.57 Å². The third kappa shape index (κ3) is 4.72. The molecule has 0 saturated carbocycles. The molecule has 2 aromatic carbocycles. The number of nitrogens with one attached hydrogen (secondary N) is 1. The number of nitro benzene ring substituents is 1. The average molecular weight is 407 g/mol. The van der Waals surface area contributed by atoms with Crippen molar-refractivity contribution in [3.8, 4) is 0 Å². The van der Waals surface area contributed by atoms with Gasteiger partial charge in [-0.25, -0.2) is 4.79 Å². The number of hydrogen-bond donors (Lipinski definition) is 1. The van der Waals surface area contributed by atoms with E-state index in [1.54, 1.807) is 12.1 Å². The molecule has 154 valence electrons. The van der Waals surface area contributed by atoms with Crippen molar-refractivity contribution in [2.24, 2.45) is 0 Å². The zero-order valence-corrected chi connectivity index (χ0v) is 16.6. The van der Waals surface area contributed by atoms with Crippen LogP contribution < -0.4 is 5.32 Å². The molecule has 3 aromatic rings. The Labute approximate surface area is 173 Å². The van der Waals surface area contributed by atoms with Gasteiger partial charge in [-0.1, -0.05) is 42.5 Å². The Morgan fingerprint density at radius 2 is 1.73 bits per heavy atom. The molecule has 0 atom stereocenters. The minimum Gasteiger partial charge on any atom is -0.452 e. The highest BCUT2D eigenvalue weighted by Gasteiger charge is 2.19. The molecule has 0 bridgehead atoms. The number of carbonyl (C=O) groups excluding carboxylic acids is 2. The molecule has 0 aliphatic carbocycles. The van der Waals surface area contributed by atoms with Gasteiger partial charge >= 0.3 is 5.97 Å². The minimum absolute atomic E-state index is 0.0459. The summed E-state index contributed by atoms with van der Waals surface area (Å²) >= 11 is 0. The second-order valence-electron chi connectivity index (χ2n) is 6.76. The van der Waals surface area contributed by atoms with Crippen LogP contribution in [0.25, 0.3) is 0 Å². The quantitative estimate of drug-likeness (QED) is 0.364. The van der Waals surface area contributed by atoms with Crippen molar-refractivity contribution < 1.29 is 19.2 Å². The lowest BCUT2D eigenvalue weighted by molar-refractivity contribution is -0.383. The second kappa shape index (κ2) is 9.04. The fraction of sp³-hybridized carbons (Fsp3) is 0.182. The Bertz CT molecular complexity index is 1090. The first kappa shape index (κ1) is 20.8. The molecular formula is C22H21N3O5. The molecule has 0 fully saturated rings. The summed E-state index contributed by atoms with van der Waals surface area (Å²) in [5, 5.41) is 13.4. The van der Waals surface area contributed by atoms with Crippen molar-refractivity contribution in [2.75, 3.05) is 11.9 Å². The van der Waals surface area contributed by atoms with Crippen molar-refractivity contribution in [3.05, 3.63) is 93.3 Å². The smallest absolute Gasteiger partial charge is 0.340 e. The number of benzene rings is 2. The summed E-state index contributed by atoms with van der Waals surface area (Å²) in [4.78, 5) is 35.0. The van der Waals surface area contributed by atoms with Gasteiger partial charge in [-0.05, 0) is 31.5 Å². The van der Waals surface area contributed by atoms with Gasteiger partial charge in [0, 0.05) is 24.0 Å². The van der Waals surface area contributed by atoms with Crippen molar-refractivity contribution in [2.45, 2.75) is 20.4 Å². The Kier molecular flexibility index (Phi) is 6.26. The maximum absolute atomic E-state index is 12.5. The molecule has 3 rings (SSSR count). The Morgan fingerprint density at radius 1 is 1.07 bits per heavy atom. The fourth-order valence-corrected chi connectivity index (χ4v) is 3.15. The standard InChI is InChI=1S/C22H21N3O5/c1-15-12-18(16(2)24(15)13-17-8-4-3-5-9-17)22(27)30-14-21(26)23-19-10-6-7-11-20(19)25(28)29/h3-12H,13-14H2,1-2H3,(H,23,26). The molecule has 8 heteroatoms. The molecule has 0 spiro atoms. The van der Waals surface area contributed by atoms with E-state index in [-0.39, 0.29) is 11.4 Å². The third-order valence-electron chi connectivity index (χ3n) is 4.69. The molecule has 0 aliphatic heterocycles. The van der Waals surface area contributed by atoms with E-state index in [4.69, 9.17) is 4.74 Å². The predicted octanol–water partition coefficient (Wildman–Crippen LogP) is 3.86. The van der Waals surface area contributed by atoms with Crippen LogP contribution in [0, 0.1) is 24.0 Å². The maximum atomic E-state index is 12.5. The number of anilines is 1. The number of ether oxygens (including phenoxy) is 1. The van der Waals surface area contributed by atoms with Crippen LogP contribution >= 0.6 is 0 Å². The van der Waals surface area contributed by atoms with E-state index in [1.807, 2.05) is 48.7 Å². The van der Waals surface area contributed by atoms with Gasteiger partial charge < -0.3 is 14.6 Å². The summed E-state index contributed by atoms with van der Waals surface area (Å²) in [5.41, 5.74) is 2.92. The molecule has 1 heterocycles. The third-order valence-corrected chi connectivity index (χ3v) is 4.69. The van der Waals surface area contributed by atoms with Gasteiger partial charge in [0.15, 0.2) is 6.61 Å². The lowest BCUT2D eigenvalue weighted by atomic mass is 10.2. The van der Waals surface area contributed by atoms with Crippen LogP contribution in [0.15, 0.2) is 60.7 Å². The van der Waals surface area contributed by atoms with Crippen LogP contribution in [0.5, 0.6) is 0 Å². The van der Waals surface area contributed by atoms with E-state index in [0.717, 1.165) is 17.0 Å². The maximum Gasteiger partial charge on any atom is 0.340 e. The second-order valence-corrected chi connectivity index (χ2v) is 6.76. The lowest BCUT2D eigenvalue weighted by Gasteiger charge is -2.10. The number of aromatic nitrogens is 1. The van der Waals surface area contributed by atoms with Crippen LogP contribution in [-0.2, 0) is 16.1 Å². The largest absolute Gasteiger partial charge is 0.452 e. The first-order valence-electron chi connectivity index (χ1n) is 9.28. The van der Waals surface area contributed by atoms with E-state index in [2.05, 4.69) is 5.32 Å². The first-order chi connectivity index (χ1) is 14.4. The van der Waals surface area contributed by atoms with Crippen molar-refractivity contribution in [1.29, 1.82) is 0 Å². The lowest BCUT2D eigenvalue weighted by Crippen LogP contribution is -2.21. The molecule has 0 saturated heterocycles. The number of amides is 1. The minimum atomic E-state index is -0.657. The van der Waals surface area contributed by atoms with E-state index in [0.29, 0.717) is 12.1 Å². The molecule has 0 radical (unpaired) electrons. The van der Waals surface area contributed by atoms with Gasteiger partial charge in [0.1, 0.15) is 5.69 Å². The van der Waals surface area contributed by atoms with Crippen LogP contribution in [0.3, 0.4) is 0 Å². The molecule has 8 nitrogen and oxygen atoms in total. The monoisotopic (exact) mass is 407 g/mol. The van der Waals surface area contributed by atoms with Gasteiger partial charge in [0.25, 0.3) is 11.6 Å². The number of para-hydroxylation sites is 2. The van der Waals surface area contributed by atoms with Gasteiger partial charge in [0.05, 0.1) is 10.5 Å². The highest BCUT2D eigenvalue weighted by atomic mass is 16.6. The first-order valence-corrected chi connectivity index (χ1v) is 9.28. The fourth-order valence-electron chi connectivity index (χ4n) is 3.15. The van der Waals surface area contributed by atoms with Crippen LogP contribution in [0.4, 0.5) is 11.4 Å². The Hall–Kier alpha value is -3.94. The summed E-state index contributed by atoms with van der Waals surface area (Å²) < 4.78 is 7.13. The van der Waals surface area contributed by atoms with Crippen LogP contribution in [-0.4, -0.2) is 28.0 Å². The number of hydrogen-bond acceptors (Lipinski definition) is 5. The number of aryl methyl sites for hydroxylation is 1. The van der Waals surface area contributed by atoms with Gasteiger partial charge in [0.2, 0.25) is 0 Å². The summed E-state index contributed by atoms with van der Waals surface area (Å²) in [7, 11) is 0. The highest BCUT2D eigenvalue weighted by Crippen LogP contribution is 2.23. The van der Waals surface area contributed by atoms with Crippen molar-refractivity contribution >= 4 is 23.3 Å². The van der Waals surface area contributed by atoms with E-state index >= 15 is 0 Å². The predicted molar refractivity (Wildman–Crippen MR) is 111 cm³/mol. The van der Waals surface area contributed by atoms with Crippen molar-refractivity contribution in [3.63, 3.8) is 0 Å². The van der Waals surface area contributed by atoms with E-state index in [1.165, 1.54) is 18.2 Å². The number of nitro groups is 1. The van der Waals surface area contributed by atoms with Crippen LogP contribution in [0.1, 0.15) is 27.3 Å². The molecule has 1 N–H and O–H groups in total. The topological polar surface area (TPSA) is 103 Å². The summed E-state index contributed by atoms with van der Waals surface area (Å²) in [5.74, 6) is -1.28. The molecule has 30 heavy (non-hydrogen) atoms. The van der Waals surface area contributed by atoms with Gasteiger partial charge in [-0.3, -0.25) is 14.9 Å². The normalized spacial score (nSPS) is 10.5. The SMILES string of the molecule is Cc1cc(C(=O)OCC(=O)Nc2ccccc2[N+](=O)[O-])c(C)n1Cc1ccccc1. The summed E-state index contributed by atoms with van der Waals surface area (Å²) in [6.45, 7) is 3.78. The molecular weight excluding hydrogens is 386 g/mol. The summed E-state index contributed by atoms with van der Waals surface area (Å²) in [6.07, 6.45) is 0. The number of esters is 1. The zero-order chi connectivity index (χ0) is 21.7. The molecule has 1 amide bonds. The average Bonchev–Trinajstić information content (AvgIpc) is 3.01. The Balaban J connectivity index is 1.65. The number of rotatable bonds is 7. The number of carbonyl (C=O) groups is 2. The Morgan fingerprint density at radius 3 is 2.43 bits per heavy atom. The number of nitrogens with zero attached hydrogens (tertiary/aromatic N) is 2. The highest BCUT2D eigenvalue weighted by molar-refractivity contribution is 5.97. The van der Waals surface area contributed by atoms with Gasteiger partial charge in [-0.2, -0.15) is 0 Å². The summed E-state index contributed by atoms with van der Waals surface area (Å²) in [6, 6.07) is 17.3.